The lowest BCUT2D eigenvalue weighted by Gasteiger charge is -2.33. The molecular weight excluding hydrogens is 398 g/mol. The third kappa shape index (κ3) is 4.90. The van der Waals surface area contributed by atoms with Crippen LogP contribution in [0.4, 0.5) is 5.69 Å². The van der Waals surface area contributed by atoms with Crippen LogP contribution in [0.3, 0.4) is 0 Å². The molecule has 0 bridgehead atoms. The minimum absolute atomic E-state index is 0.0491. The van der Waals surface area contributed by atoms with Crippen molar-refractivity contribution in [3.63, 3.8) is 0 Å². The van der Waals surface area contributed by atoms with Crippen LogP contribution in [0.1, 0.15) is 48.9 Å². The average molecular weight is 428 g/mol. The van der Waals surface area contributed by atoms with E-state index >= 15 is 0 Å². The quantitative estimate of drug-likeness (QED) is 0.679. The predicted octanol–water partition coefficient (Wildman–Crippen LogP) is 3.91. The van der Waals surface area contributed by atoms with Crippen LogP contribution in [-0.2, 0) is 11.3 Å². The van der Waals surface area contributed by atoms with Crippen molar-refractivity contribution in [2.45, 2.75) is 50.1 Å². The Morgan fingerprint density at radius 1 is 1.23 bits per heavy atom. The Morgan fingerprint density at radius 2 is 2.10 bits per heavy atom. The molecule has 30 heavy (non-hydrogen) atoms. The minimum atomic E-state index is -0.200. The Hall–Kier alpha value is -2.25. The maximum atomic E-state index is 12.4. The molecule has 1 atom stereocenters. The molecule has 3 heterocycles. The monoisotopic (exact) mass is 427 g/mol. The molecule has 2 amide bonds. The lowest BCUT2D eigenvalue weighted by molar-refractivity contribution is -0.116. The summed E-state index contributed by atoms with van der Waals surface area (Å²) < 4.78 is 5.75. The summed E-state index contributed by atoms with van der Waals surface area (Å²) in [6.07, 6.45) is 4.79. The van der Waals surface area contributed by atoms with Gasteiger partial charge >= 0.3 is 0 Å². The number of piperidine rings is 1. The van der Waals surface area contributed by atoms with Gasteiger partial charge in [0.15, 0.2) is 5.76 Å². The van der Waals surface area contributed by atoms with Crippen molar-refractivity contribution in [2.24, 2.45) is 0 Å². The maximum Gasteiger partial charge on any atom is 0.286 e. The number of nitrogens with zero attached hydrogens (tertiary/aromatic N) is 2. The van der Waals surface area contributed by atoms with E-state index in [-0.39, 0.29) is 11.8 Å². The number of fused-ring (bicyclic) bond motifs is 1. The number of rotatable bonds is 7. The van der Waals surface area contributed by atoms with Crippen molar-refractivity contribution in [1.29, 1.82) is 0 Å². The van der Waals surface area contributed by atoms with Gasteiger partial charge in [-0.05, 0) is 57.0 Å². The molecule has 0 radical (unpaired) electrons. The molecule has 0 aliphatic carbocycles. The smallest absolute Gasteiger partial charge is 0.286 e. The van der Waals surface area contributed by atoms with E-state index in [4.69, 9.17) is 4.42 Å². The number of thioether (sulfide) groups is 1. The number of carbonyl (C=O) groups excluding carboxylic acids is 2. The summed E-state index contributed by atoms with van der Waals surface area (Å²) in [6, 6.07) is 12.0. The number of likely N-dealkylation sites (tertiary alicyclic amines) is 1. The van der Waals surface area contributed by atoms with Gasteiger partial charge in [-0.25, -0.2) is 0 Å². The van der Waals surface area contributed by atoms with Crippen molar-refractivity contribution < 1.29 is 14.0 Å². The predicted molar refractivity (Wildman–Crippen MR) is 119 cm³/mol. The van der Waals surface area contributed by atoms with Crippen LogP contribution in [0.5, 0.6) is 0 Å². The van der Waals surface area contributed by atoms with Gasteiger partial charge in [0, 0.05) is 24.0 Å². The minimum Gasteiger partial charge on any atom is -0.454 e. The molecule has 1 aromatic carbocycles. The van der Waals surface area contributed by atoms with E-state index in [0.29, 0.717) is 36.4 Å². The molecule has 1 saturated heterocycles. The number of benzene rings is 1. The number of para-hydroxylation sites is 1. The summed E-state index contributed by atoms with van der Waals surface area (Å²) >= 11 is 1.55. The highest BCUT2D eigenvalue weighted by Gasteiger charge is 2.25. The normalized spacial score (nSPS) is 19.6. The molecule has 1 aromatic heterocycles. The highest BCUT2D eigenvalue weighted by atomic mass is 32.2. The van der Waals surface area contributed by atoms with Gasteiger partial charge in [0.05, 0.1) is 18.0 Å². The third-order valence-corrected chi connectivity index (χ3v) is 6.90. The van der Waals surface area contributed by atoms with Crippen molar-refractivity contribution in [3.8, 4) is 0 Å². The molecule has 6 nitrogen and oxygen atoms in total. The van der Waals surface area contributed by atoms with Gasteiger partial charge in [-0.1, -0.05) is 18.6 Å². The summed E-state index contributed by atoms with van der Waals surface area (Å²) in [6.45, 7) is 5.42. The van der Waals surface area contributed by atoms with Crippen LogP contribution in [0, 0.1) is 0 Å². The van der Waals surface area contributed by atoms with Crippen LogP contribution in [0.2, 0.25) is 0 Å². The zero-order valence-electron chi connectivity index (χ0n) is 17.4. The number of carbonyl (C=O) groups is 2. The lowest BCUT2D eigenvalue weighted by atomic mass is 10.0. The summed E-state index contributed by atoms with van der Waals surface area (Å²) in [5, 5.41) is 2.95. The van der Waals surface area contributed by atoms with Crippen molar-refractivity contribution >= 4 is 29.3 Å². The Labute approximate surface area is 182 Å². The number of hydrogen-bond donors (Lipinski definition) is 1. The fraction of sp³-hybridized carbons (Fsp3) is 0.478. The number of amides is 2. The van der Waals surface area contributed by atoms with E-state index in [0.717, 1.165) is 30.1 Å². The third-order valence-electron chi connectivity index (χ3n) is 5.86. The van der Waals surface area contributed by atoms with Gasteiger partial charge in [-0.3, -0.25) is 9.59 Å². The van der Waals surface area contributed by atoms with Crippen LogP contribution < -0.4 is 10.2 Å². The van der Waals surface area contributed by atoms with E-state index in [1.165, 1.54) is 19.3 Å². The average Bonchev–Trinajstić information content (AvgIpc) is 3.23. The topological polar surface area (TPSA) is 65.8 Å². The molecule has 7 heteroatoms. The molecule has 1 fully saturated rings. The van der Waals surface area contributed by atoms with Gasteiger partial charge in [-0.15, -0.1) is 11.8 Å². The molecule has 160 valence electrons. The summed E-state index contributed by atoms with van der Waals surface area (Å²) in [5.74, 6) is 1.17. The van der Waals surface area contributed by atoms with Gasteiger partial charge in [0.25, 0.3) is 5.91 Å². The second-order valence-corrected chi connectivity index (χ2v) is 9.01. The highest BCUT2D eigenvalue weighted by Crippen LogP contribution is 2.35. The van der Waals surface area contributed by atoms with E-state index in [9.17, 15) is 9.59 Å². The Kier molecular flexibility index (Phi) is 6.79. The molecular formula is C23H29N3O3S. The van der Waals surface area contributed by atoms with Crippen LogP contribution in [0.25, 0.3) is 0 Å². The number of furan rings is 1. The van der Waals surface area contributed by atoms with Crippen molar-refractivity contribution in [1.82, 2.24) is 10.2 Å². The number of hydrogen-bond acceptors (Lipinski definition) is 5. The molecule has 0 spiro atoms. The van der Waals surface area contributed by atoms with Crippen LogP contribution in [-0.4, -0.2) is 48.1 Å². The molecule has 0 saturated carbocycles. The van der Waals surface area contributed by atoms with Crippen molar-refractivity contribution in [3.05, 3.63) is 47.9 Å². The molecule has 1 N–H and O–H groups in total. The number of nitrogens with one attached hydrogen (secondary N) is 1. The number of anilines is 1. The fourth-order valence-corrected chi connectivity index (χ4v) is 5.06. The second-order valence-electron chi connectivity index (χ2n) is 7.99. The summed E-state index contributed by atoms with van der Waals surface area (Å²) in [7, 11) is 0. The first kappa shape index (κ1) is 21.0. The first-order valence-electron chi connectivity index (χ1n) is 10.7. The van der Waals surface area contributed by atoms with Gasteiger partial charge in [-0.2, -0.15) is 0 Å². The maximum absolute atomic E-state index is 12.4. The van der Waals surface area contributed by atoms with Crippen molar-refractivity contribution in [2.75, 3.05) is 30.3 Å². The summed E-state index contributed by atoms with van der Waals surface area (Å²) in [5.41, 5.74) is 0.896. The van der Waals surface area contributed by atoms with Gasteiger partial charge in [0.1, 0.15) is 5.76 Å². The van der Waals surface area contributed by atoms with Gasteiger partial charge < -0.3 is 19.5 Å². The molecule has 2 aliphatic heterocycles. The van der Waals surface area contributed by atoms with Crippen LogP contribution >= 0.6 is 11.8 Å². The van der Waals surface area contributed by atoms with E-state index in [1.54, 1.807) is 28.8 Å². The van der Waals surface area contributed by atoms with E-state index in [1.807, 2.05) is 24.3 Å². The SMILES string of the molecule is C[C@@H]1CCCCN1CCCNC(=O)c1ccc(CN2C(=O)CSc3ccccc32)o1. The Morgan fingerprint density at radius 3 is 2.97 bits per heavy atom. The molecule has 4 rings (SSSR count). The Balaban J connectivity index is 1.28. The van der Waals surface area contributed by atoms with E-state index in [2.05, 4.69) is 17.1 Å². The standard InChI is InChI=1S/C23H29N3O3S/c1-17-7-4-5-13-25(17)14-6-12-24-23(28)20-11-10-18(29-20)15-26-19-8-2-3-9-21(19)30-16-22(26)27/h2-3,8-11,17H,4-7,12-16H2,1H3,(H,24,28)/t17-/m1/s1. The van der Waals surface area contributed by atoms with E-state index < -0.39 is 0 Å². The Bertz CT molecular complexity index is 897. The fourth-order valence-electron chi connectivity index (χ4n) is 4.13. The first-order valence-corrected chi connectivity index (χ1v) is 11.7. The van der Waals surface area contributed by atoms with Crippen LogP contribution in [0.15, 0.2) is 45.7 Å². The summed E-state index contributed by atoms with van der Waals surface area (Å²) in [4.78, 5) is 30.2. The molecule has 0 unspecified atom stereocenters. The highest BCUT2D eigenvalue weighted by molar-refractivity contribution is 8.00. The zero-order chi connectivity index (χ0) is 20.9. The first-order chi connectivity index (χ1) is 14.6. The molecule has 2 aliphatic rings. The largest absolute Gasteiger partial charge is 0.454 e. The van der Waals surface area contributed by atoms with Gasteiger partial charge in [0.2, 0.25) is 5.91 Å². The zero-order valence-corrected chi connectivity index (χ0v) is 18.2. The molecule has 2 aromatic rings. The lowest BCUT2D eigenvalue weighted by Crippen LogP contribution is -2.39. The second kappa shape index (κ2) is 9.71.